The van der Waals surface area contributed by atoms with Gasteiger partial charge in [-0.1, -0.05) is 31.4 Å². The van der Waals surface area contributed by atoms with Crippen molar-refractivity contribution in [2.24, 2.45) is 0 Å². The average molecular weight is 258 g/mol. The Bertz CT molecular complexity index is 246. The van der Waals surface area contributed by atoms with Gasteiger partial charge in [0.15, 0.2) is 0 Å². The summed E-state index contributed by atoms with van der Waals surface area (Å²) in [6.45, 7) is 5.02. The van der Waals surface area contributed by atoms with Gasteiger partial charge in [0.25, 0.3) is 0 Å². The number of rotatable bonds is 10. The largest absolute Gasteiger partial charge is 0.431 e. The van der Waals surface area contributed by atoms with Gasteiger partial charge < -0.3 is 4.74 Å². The van der Waals surface area contributed by atoms with Crippen molar-refractivity contribution >= 4 is 5.97 Å². The van der Waals surface area contributed by atoms with Gasteiger partial charge in [-0.2, -0.15) is 4.89 Å². The quantitative estimate of drug-likeness (QED) is 0.160. The molecule has 1 N–H and O–H groups in total. The molecule has 0 radical (unpaired) electrons. The molecule has 0 amide bonds. The molecule has 0 heterocycles. The Balaban J connectivity index is 3.41. The first-order chi connectivity index (χ1) is 8.52. The Labute approximate surface area is 110 Å². The van der Waals surface area contributed by atoms with E-state index in [-0.39, 0.29) is 5.97 Å². The van der Waals surface area contributed by atoms with Crippen LogP contribution in [0.1, 0.15) is 65.7 Å². The summed E-state index contributed by atoms with van der Waals surface area (Å²) in [5.74, 6) is -1.58. The van der Waals surface area contributed by atoms with E-state index < -0.39 is 5.79 Å². The molecular weight excluding hydrogens is 232 g/mol. The summed E-state index contributed by atoms with van der Waals surface area (Å²) >= 11 is 0. The lowest BCUT2D eigenvalue weighted by Gasteiger charge is -2.20. The molecule has 0 aliphatic carbocycles. The molecule has 0 fully saturated rings. The van der Waals surface area contributed by atoms with E-state index >= 15 is 0 Å². The summed E-state index contributed by atoms with van der Waals surface area (Å²) in [4.78, 5) is 15.4. The van der Waals surface area contributed by atoms with Gasteiger partial charge >= 0.3 is 5.97 Å². The zero-order valence-electron chi connectivity index (χ0n) is 11.8. The molecule has 0 aromatic rings. The molecule has 4 heteroatoms. The zero-order valence-corrected chi connectivity index (χ0v) is 11.8. The lowest BCUT2D eigenvalue weighted by atomic mass is 10.1. The van der Waals surface area contributed by atoms with Crippen LogP contribution in [0.15, 0.2) is 12.2 Å². The van der Waals surface area contributed by atoms with Gasteiger partial charge in [-0.3, -0.25) is 4.79 Å². The molecule has 18 heavy (non-hydrogen) atoms. The standard InChI is InChI=1S/C14H26O4/c1-4-5-6-7-8-9-10-11-12-13(15)17-14(2,3)18-16/h4-5,16H,6-12H2,1-3H3/b5-4+. The van der Waals surface area contributed by atoms with E-state index in [0.29, 0.717) is 6.42 Å². The third-order valence-corrected chi connectivity index (χ3v) is 2.57. The van der Waals surface area contributed by atoms with Crippen molar-refractivity contribution in [3.8, 4) is 0 Å². The zero-order chi connectivity index (χ0) is 13.9. The van der Waals surface area contributed by atoms with Gasteiger partial charge in [-0.05, 0) is 26.2 Å². The molecule has 0 saturated carbocycles. The van der Waals surface area contributed by atoms with Crippen LogP contribution >= 0.6 is 0 Å². The summed E-state index contributed by atoms with van der Waals surface area (Å²) in [6.07, 6.45) is 11.2. The number of unbranched alkanes of at least 4 members (excludes halogenated alkanes) is 5. The predicted octanol–water partition coefficient (Wildman–Crippen LogP) is 4.06. The number of esters is 1. The van der Waals surface area contributed by atoms with Crippen molar-refractivity contribution in [3.05, 3.63) is 12.2 Å². The van der Waals surface area contributed by atoms with Crippen molar-refractivity contribution in [1.29, 1.82) is 0 Å². The van der Waals surface area contributed by atoms with E-state index in [1.54, 1.807) is 0 Å². The highest BCUT2D eigenvalue weighted by atomic mass is 17.1. The van der Waals surface area contributed by atoms with Crippen LogP contribution in [0.25, 0.3) is 0 Å². The van der Waals surface area contributed by atoms with Gasteiger partial charge in [0.05, 0.1) is 0 Å². The predicted molar refractivity (Wildman–Crippen MR) is 71.0 cm³/mol. The van der Waals surface area contributed by atoms with Gasteiger partial charge in [-0.15, -0.1) is 0 Å². The first kappa shape index (κ1) is 17.1. The summed E-state index contributed by atoms with van der Waals surface area (Å²) in [5.41, 5.74) is 0. The number of carbonyl (C=O) groups is 1. The van der Waals surface area contributed by atoms with E-state index in [1.807, 2.05) is 6.92 Å². The maximum absolute atomic E-state index is 11.4. The maximum Gasteiger partial charge on any atom is 0.308 e. The second kappa shape index (κ2) is 10.1. The summed E-state index contributed by atoms with van der Waals surface area (Å²) < 4.78 is 4.93. The minimum absolute atomic E-state index is 0.331. The van der Waals surface area contributed by atoms with Crippen LogP contribution in [0.4, 0.5) is 0 Å². The molecule has 0 spiro atoms. The minimum Gasteiger partial charge on any atom is -0.431 e. The molecule has 0 saturated heterocycles. The molecule has 0 rings (SSSR count). The monoisotopic (exact) mass is 258 g/mol. The van der Waals surface area contributed by atoms with Crippen LogP contribution in [0.3, 0.4) is 0 Å². The maximum atomic E-state index is 11.4. The first-order valence-corrected chi connectivity index (χ1v) is 6.67. The molecule has 0 unspecified atom stereocenters. The van der Waals surface area contributed by atoms with E-state index in [2.05, 4.69) is 17.0 Å². The van der Waals surface area contributed by atoms with Crippen molar-refractivity contribution in [3.63, 3.8) is 0 Å². The highest BCUT2D eigenvalue weighted by Crippen LogP contribution is 2.13. The summed E-state index contributed by atoms with van der Waals surface area (Å²) in [5, 5.41) is 8.47. The van der Waals surface area contributed by atoms with Crippen molar-refractivity contribution in [2.45, 2.75) is 71.5 Å². The van der Waals surface area contributed by atoms with E-state index in [4.69, 9.17) is 9.99 Å². The molecular formula is C14H26O4. The molecule has 0 bridgehead atoms. The van der Waals surface area contributed by atoms with Crippen LogP contribution < -0.4 is 0 Å². The van der Waals surface area contributed by atoms with Gasteiger partial charge in [0.2, 0.25) is 5.79 Å². The molecule has 0 aliphatic heterocycles. The fourth-order valence-electron chi connectivity index (χ4n) is 1.57. The molecule has 4 nitrogen and oxygen atoms in total. The van der Waals surface area contributed by atoms with Crippen LogP contribution in [-0.4, -0.2) is 17.0 Å². The van der Waals surface area contributed by atoms with Crippen molar-refractivity contribution in [2.75, 3.05) is 0 Å². The number of hydrogen-bond acceptors (Lipinski definition) is 4. The minimum atomic E-state index is -1.25. The van der Waals surface area contributed by atoms with Crippen LogP contribution in [0.5, 0.6) is 0 Å². The fourth-order valence-corrected chi connectivity index (χ4v) is 1.57. The lowest BCUT2D eigenvalue weighted by Crippen LogP contribution is -2.30. The second-order valence-electron chi connectivity index (χ2n) is 4.84. The number of hydrogen-bond donors (Lipinski definition) is 1. The topological polar surface area (TPSA) is 55.8 Å². The highest BCUT2D eigenvalue weighted by Gasteiger charge is 2.23. The Morgan fingerprint density at radius 1 is 1.17 bits per heavy atom. The fraction of sp³-hybridized carbons (Fsp3) is 0.786. The molecule has 0 atom stereocenters. The van der Waals surface area contributed by atoms with Crippen LogP contribution in [0, 0.1) is 0 Å². The Hall–Kier alpha value is -0.870. The van der Waals surface area contributed by atoms with Gasteiger partial charge in [0, 0.05) is 20.3 Å². The average Bonchev–Trinajstić information content (AvgIpc) is 2.32. The highest BCUT2D eigenvalue weighted by molar-refractivity contribution is 5.69. The molecule has 0 aromatic heterocycles. The van der Waals surface area contributed by atoms with Crippen LogP contribution in [0.2, 0.25) is 0 Å². The Morgan fingerprint density at radius 2 is 1.78 bits per heavy atom. The normalized spacial score (nSPS) is 12.0. The Kier molecular flexibility index (Phi) is 9.60. The molecule has 0 aromatic carbocycles. The second-order valence-corrected chi connectivity index (χ2v) is 4.84. The SMILES string of the molecule is C/C=C/CCCCCCCC(=O)OC(C)(C)OO. The van der Waals surface area contributed by atoms with Gasteiger partial charge in [0.1, 0.15) is 0 Å². The smallest absolute Gasteiger partial charge is 0.308 e. The van der Waals surface area contributed by atoms with Crippen molar-refractivity contribution < 1.29 is 19.7 Å². The summed E-state index contributed by atoms with van der Waals surface area (Å²) in [6, 6.07) is 0. The first-order valence-electron chi connectivity index (χ1n) is 6.67. The van der Waals surface area contributed by atoms with E-state index in [0.717, 1.165) is 25.7 Å². The van der Waals surface area contributed by atoms with Gasteiger partial charge in [-0.25, -0.2) is 5.26 Å². The lowest BCUT2D eigenvalue weighted by molar-refractivity contribution is -0.379. The number of ether oxygens (including phenoxy) is 1. The Morgan fingerprint density at radius 3 is 2.39 bits per heavy atom. The van der Waals surface area contributed by atoms with Crippen LogP contribution in [-0.2, 0) is 14.4 Å². The number of carbonyl (C=O) groups excluding carboxylic acids is 1. The third kappa shape index (κ3) is 10.3. The molecule has 0 aliphatic rings. The van der Waals surface area contributed by atoms with E-state index in [9.17, 15) is 4.79 Å². The van der Waals surface area contributed by atoms with Crippen molar-refractivity contribution in [1.82, 2.24) is 0 Å². The molecule has 106 valence electrons. The summed E-state index contributed by atoms with van der Waals surface area (Å²) in [7, 11) is 0. The van der Waals surface area contributed by atoms with E-state index in [1.165, 1.54) is 26.7 Å². The number of allylic oxidation sites excluding steroid dienone is 2. The third-order valence-electron chi connectivity index (χ3n) is 2.57.